The van der Waals surface area contributed by atoms with Gasteiger partial charge in [-0.1, -0.05) is 29.8 Å². The van der Waals surface area contributed by atoms with E-state index in [4.69, 9.17) is 4.52 Å². The first-order valence-corrected chi connectivity index (χ1v) is 8.82. The average molecular weight is 323 g/mol. The van der Waals surface area contributed by atoms with E-state index in [-0.39, 0.29) is 11.4 Å². The number of carbonyl (C=O) groups is 1. The quantitative estimate of drug-likeness (QED) is 0.894. The number of fused-ring (bicyclic) bond motifs is 2. The molecule has 5 heteroatoms. The van der Waals surface area contributed by atoms with E-state index in [9.17, 15) is 4.79 Å². The highest BCUT2D eigenvalue weighted by Gasteiger charge is 2.48. The van der Waals surface area contributed by atoms with E-state index in [0.717, 1.165) is 42.2 Å². The monoisotopic (exact) mass is 323 g/mol. The lowest BCUT2D eigenvalue weighted by Crippen LogP contribution is -2.43. The predicted molar refractivity (Wildman–Crippen MR) is 91.6 cm³/mol. The van der Waals surface area contributed by atoms with Crippen molar-refractivity contribution in [3.63, 3.8) is 0 Å². The van der Waals surface area contributed by atoms with Crippen LogP contribution in [-0.4, -0.2) is 17.7 Å². The third-order valence-electron chi connectivity index (χ3n) is 5.85. The fraction of sp³-hybridized carbons (Fsp3) is 0.474. The highest BCUT2D eigenvalue weighted by molar-refractivity contribution is 6.04. The molecule has 3 aliphatic rings. The van der Waals surface area contributed by atoms with Gasteiger partial charge in [0, 0.05) is 23.6 Å². The first-order valence-electron chi connectivity index (χ1n) is 8.82. The van der Waals surface area contributed by atoms with Gasteiger partial charge in [-0.2, -0.15) is 0 Å². The summed E-state index contributed by atoms with van der Waals surface area (Å²) in [6.45, 7) is 2.66. The largest absolute Gasteiger partial charge is 0.359 e. The van der Waals surface area contributed by atoms with E-state index in [2.05, 4.69) is 28.7 Å². The second-order valence-corrected chi connectivity index (χ2v) is 7.45. The zero-order valence-electron chi connectivity index (χ0n) is 13.8. The summed E-state index contributed by atoms with van der Waals surface area (Å²) < 4.78 is 5.44. The fourth-order valence-electron chi connectivity index (χ4n) is 4.18. The number of urea groups is 1. The van der Waals surface area contributed by atoms with Crippen LogP contribution in [0, 0.1) is 6.92 Å². The standard InChI is InChI=1S/C19H21N3O2/c1-12-16(17(24-21-12)13-7-8-13)20-18(23)22-11-19(9-4-10-19)14-5-2-3-6-15(14)22/h2-3,5-6,13H,4,7-11H2,1H3,(H,20,23). The minimum Gasteiger partial charge on any atom is -0.359 e. The molecule has 2 saturated carbocycles. The first-order chi connectivity index (χ1) is 11.7. The van der Waals surface area contributed by atoms with Gasteiger partial charge >= 0.3 is 6.03 Å². The molecule has 2 heterocycles. The lowest BCUT2D eigenvalue weighted by Gasteiger charge is -2.38. The number of anilines is 2. The van der Waals surface area contributed by atoms with Gasteiger partial charge in [0.15, 0.2) is 5.76 Å². The third kappa shape index (κ3) is 1.93. The summed E-state index contributed by atoms with van der Waals surface area (Å²) in [5, 5.41) is 7.13. The summed E-state index contributed by atoms with van der Waals surface area (Å²) in [5.74, 6) is 1.26. The van der Waals surface area contributed by atoms with Crippen molar-refractivity contribution in [1.29, 1.82) is 0 Å². The maximum absolute atomic E-state index is 13.0. The van der Waals surface area contributed by atoms with Gasteiger partial charge in [0.1, 0.15) is 11.4 Å². The molecule has 1 N–H and O–H groups in total. The number of para-hydroxylation sites is 1. The van der Waals surface area contributed by atoms with E-state index in [1.54, 1.807) is 0 Å². The van der Waals surface area contributed by atoms with Gasteiger partial charge in [-0.3, -0.25) is 4.90 Å². The Morgan fingerprint density at radius 1 is 1.33 bits per heavy atom. The minimum absolute atomic E-state index is 0.0700. The van der Waals surface area contributed by atoms with Gasteiger partial charge in [-0.05, 0) is 44.2 Å². The number of aromatic nitrogens is 1. The van der Waals surface area contributed by atoms with Crippen molar-refractivity contribution in [2.24, 2.45) is 0 Å². The lowest BCUT2D eigenvalue weighted by atomic mass is 9.66. The van der Waals surface area contributed by atoms with Crippen LogP contribution in [0.5, 0.6) is 0 Å². The third-order valence-corrected chi connectivity index (χ3v) is 5.85. The number of amides is 2. The van der Waals surface area contributed by atoms with Gasteiger partial charge in [-0.15, -0.1) is 0 Å². The fourth-order valence-corrected chi connectivity index (χ4v) is 4.18. The molecule has 5 rings (SSSR count). The number of nitrogens with one attached hydrogen (secondary N) is 1. The van der Waals surface area contributed by atoms with Gasteiger partial charge in [-0.25, -0.2) is 4.79 Å². The minimum atomic E-state index is -0.0700. The molecule has 0 radical (unpaired) electrons. The van der Waals surface area contributed by atoms with Crippen LogP contribution in [0.2, 0.25) is 0 Å². The predicted octanol–water partition coefficient (Wildman–Crippen LogP) is 4.33. The summed E-state index contributed by atoms with van der Waals surface area (Å²) in [6, 6.07) is 8.26. The van der Waals surface area contributed by atoms with E-state index in [1.807, 2.05) is 17.9 Å². The smallest absolute Gasteiger partial charge is 0.326 e. The summed E-state index contributed by atoms with van der Waals surface area (Å²) in [4.78, 5) is 14.9. The number of benzene rings is 1. The molecule has 1 aromatic carbocycles. The molecule has 1 aliphatic heterocycles. The second kappa shape index (κ2) is 4.85. The van der Waals surface area contributed by atoms with Crippen molar-refractivity contribution in [3.05, 3.63) is 41.3 Å². The summed E-state index contributed by atoms with van der Waals surface area (Å²) in [6.07, 6.45) is 5.83. The number of hydrogen-bond donors (Lipinski definition) is 1. The molecule has 2 aromatic rings. The molecule has 124 valence electrons. The molecule has 0 unspecified atom stereocenters. The number of hydrogen-bond acceptors (Lipinski definition) is 3. The molecule has 0 atom stereocenters. The van der Waals surface area contributed by atoms with Crippen molar-refractivity contribution in [2.45, 2.75) is 50.4 Å². The Hall–Kier alpha value is -2.30. The SMILES string of the molecule is Cc1noc(C2CC2)c1NC(=O)N1CC2(CCC2)c2ccccc21. The maximum atomic E-state index is 13.0. The Bertz CT molecular complexity index is 818. The molecular formula is C19H21N3O2. The molecule has 2 amide bonds. The zero-order chi connectivity index (χ0) is 16.3. The van der Waals surface area contributed by atoms with Crippen LogP contribution in [0.15, 0.2) is 28.8 Å². The Morgan fingerprint density at radius 3 is 2.83 bits per heavy atom. The molecular weight excluding hydrogens is 302 g/mol. The Balaban J connectivity index is 1.45. The molecule has 2 fully saturated rings. The van der Waals surface area contributed by atoms with Crippen molar-refractivity contribution >= 4 is 17.4 Å². The summed E-state index contributed by atoms with van der Waals surface area (Å²) >= 11 is 0. The van der Waals surface area contributed by atoms with E-state index >= 15 is 0 Å². The summed E-state index contributed by atoms with van der Waals surface area (Å²) in [7, 11) is 0. The van der Waals surface area contributed by atoms with Gasteiger partial charge in [0.2, 0.25) is 0 Å². The molecule has 2 aliphatic carbocycles. The Kier molecular flexibility index (Phi) is 2.84. The molecule has 0 bridgehead atoms. The van der Waals surface area contributed by atoms with Gasteiger partial charge in [0.05, 0.1) is 0 Å². The molecule has 0 saturated heterocycles. The topological polar surface area (TPSA) is 58.4 Å². The van der Waals surface area contributed by atoms with Crippen molar-refractivity contribution < 1.29 is 9.32 Å². The normalized spacial score (nSPS) is 20.8. The highest BCUT2D eigenvalue weighted by Crippen LogP contribution is 2.52. The maximum Gasteiger partial charge on any atom is 0.326 e. The van der Waals surface area contributed by atoms with Crippen LogP contribution in [0.3, 0.4) is 0 Å². The lowest BCUT2D eigenvalue weighted by molar-refractivity contribution is 0.244. The Morgan fingerprint density at radius 2 is 2.12 bits per heavy atom. The molecule has 1 spiro atoms. The molecule has 24 heavy (non-hydrogen) atoms. The zero-order valence-corrected chi connectivity index (χ0v) is 13.8. The summed E-state index contributed by atoms with van der Waals surface area (Å²) in [5.41, 5.74) is 4.09. The van der Waals surface area contributed by atoms with Crippen LogP contribution in [-0.2, 0) is 5.41 Å². The number of rotatable bonds is 2. The van der Waals surface area contributed by atoms with Gasteiger partial charge < -0.3 is 9.84 Å². The van der Waals surface area contributed by atoms with Crippen LogP contribution in [0.25, 0.3) is 0 Å². The number of aryl methyl sites for hydroxylation is 1. The first kappa shape index (κ1) is 14.1. The van der Waals surface area contributed by atoms with Crippen molar-refractivity contribution in [1.82, 2.24) is 5.16 Å². The average Bonchev–Trinajstić information content (AvgIpc) is 3.24. The van der Waals surface area contributed by atoms with E-state index in [1.165, 1.54) is 24.8 Å². The van der Waals surface area contributed by atoms with Crippen LogP contribution < -0.4 is 10.2 Å². The number of carbonyl (C=O) groups excluding carboxylic acids is 1. The highest BCUT2D eigenvalue weighted by atomic mass is 16.5. The van der Waals surface area contributed by atoms with E-state index in [0.29, 0.717) is 5.92 Å². The van der Waals surface area contributed by atoms with Crippen molar-refractivity contribution in [2.75, 3.05) is 16.8 Å². The van der Waals surface area contributed by atoms with Crippen LogP contribution in [0.4, 0.5) is 16.2 Å². The van der Waals surface area contributed by atoms with E-state index < -0.39 is 0 Å². The van der Waals surface area contributed by atoms with Gasteiger partial charge in [0.25, 0.3) is 0 Å². The van der Waals surface area contributed by atoms with Crippen molar-refractivity contribution in [3.8, 4) is 0 Å². The number of nitrogens with zero attached hydrogens (tertiary/aromatic N) is 2. The molecule has 5 nitrogen and oxygen atoms in total. The Labute approximate surface area is 141 Å². The van der Waals surface area contributed by atoms with Crippen LogP contribution >= 0.6 is 0 Å². The van der Waals surface area contributed by atoms with Crippen LogP contribution in [0.1, 0.15) is 55.0 Å². The second-order valence-electron chi connectivity index (χ2n) is 7.45. The molecule has 1 aromatic heterocycles.